The van der Waals surface area contributed by atoms with Crippen LogP contribution in [0.5, 0.6) is 0 Å². The van der Waals surface area contributed by atoms with Crippen LogP contribution in [0.2, 0.25) is 0 Å². The summed E-state index contributed by atoms with van der Waals surface area (Å²) in [7, 11) is 3.48. The second-order valence-electron chi connectivity index (χ2n) is 4.75. The van der Waals surface area contributed by atoms with Crippen molar-refractivity contribution in [1.29, 1.82) is 0 Å². The van der Waals surface area contributed by atoms with Gasteiger partial charge in [-0.15, -0.1) is 0 Å². The van der Waals surface area contributed by atoms with E-state index in [2.05, 4.69) is 15.0 Å². The Morgan fingerprint density at radius 3 is 2.41 bits per heavy atom. The number of fused-ring (bicyclic) bond motifs is 1. The maximum Gasteiger partial charge on any atom is 0.253 e. The summed E-state index contributed by atoms with van der Waals surface area (Å²) in [5.74, 6) is 0.754. The van der Waals surface area contributed by atoms with Crippen LogP contribution in [0.1, 0.15) is 24.2 Å². The van der Waals surface area contributed by atoms with Crippen molar-refractivity contribution in [3.05, 3.63) is 48.3 Å². The van der Waals surface area contributed by atoms with Gasteiger partial charge in [0.25, 0.3) is 5.91 Å². The van der Waals surface area contributed by atoms with Gasteiger partial charge < -0.3 is 9.88 Å². The molecular weight excluding hydrogens is 276 g/mol. The van der Waals surface area contributed by atoms with Crippen LogP contribution in [0.25, 0.3) is 22.4 Å². The summed E-state index contributed by atoms with van der Waals surface area (Å²) in [5, 5.41) is 0. The van der Waals surface area contributed by atoms with Crippen molar-refractivity contribution in [3.8, 4) is 11.4 Å². The predicted octanol–water partition coefficient (Wildman–Crippen LogP) is 3.35. The summed E-state index contributed by atoms with van der Waals surface area (Å²) < 4.78 is 0. The van der Waals surface area contributed by atoms with E-state index in [0.717, 1.165) is 22.4 Å². The molecule has 5 nitrogen and oxygen atoms in total. The molecule has 0 aliphatic heterocycles. The van der Waals surface area contributed by atoms with Crippen LogP contribution in [-0.2, 0) is 0 Å². The molecule has 114 valence electrons. The Bertz CT molecular complexity index is 763. The van der Waals surface area contributed by atoms with Crippen molar-refractivity contribution < 1.29 is 4.79 Å². The maximum absolute atomic E-state index is 11.9. The number of hydrogen-bond donors (Lipinski definition) is 1. The van der Waals surface area contributed by atoms with E-state index >= 15 is 0 Å². The lowest BCUT2D eigenvalue weighted by Crippen LogP contribution is -2.21. The minimum absolute atomic E-state index is 0.0213. The summed E-state index contributed by atoms with van der Waals surface area (Å²) in [5.41, 5.74) is 3.31. The highest BCUT2D eigenvalue weighted by Crippen LogP contribution is 2.21. The molecule has 3 aromatic rings. The van der Waals surface area contributed by atoms with Gasteiger partial charge in [-0.05, 0) is 30.3 Å². The third-order valence-electron chi connectivity index (χ3n) is 3.09. The van der Waals surface area contributed by atoms with Crippen molar-refractivity contribution in [2.75, 3.05) is 14.1 Å². The minimum Gasteiger partial charge on any atom is -0.345 e. The number of amides is 1. The Morgan fingerprint density at radius 1 is 1.09 bits per heavy atom. The fourth-order valence-corrected chi connectivity index (χ4v) is 2.05. The lowest BCUT2D eigenvalue weighted by molar-refractivity contribution is 0.0828. The van der Waals surface area contributed by atoms with Gasteiger partial charge in [0.15, 0.2) is 0 Å². The molecule has 0 fully saturated rings. The fraction of sp³-hybridized carbons (Fsp3) is 0.235. The van der Waals surface area contributed by atoms with Gasteiger partial charge in [-0.1, -0.05) is 13.8 Å². The number of carbonyl (C=O) groups is 1. The van der Waals surface area contributed by atoms with Crippen LogP contribution < -0.4 is 0 Å². The zero-order chi connectivity index (χ0) is 16.1. The van der Waals surface area contributed by atoms with Gasteiger partial charge in [0.2, 0.25) is 0 Å². The number of imidazole rings is 1. The van der Waals surface area contributed by atoms with Crippen molar-refractivity contribution in [1.82, 2.24) is 19.9 Å². The molecule has 0 aliphatic carbocycles. The second kappa shape index (κ2) is 6.85. The molecule has 5 heteroatoms. The zero-order valence-electron chi connectivity index (χ0n) is 13.3. The molecule has 1 N–H and O–H groups in total. The number of pyridine rings is 1. The number of rotatable bonds is 2. The standard InChI is InChI=1S/C15H14N4O.C2H6/c1-19(2)15(20)11-3-4-12-13(9-11)18-14(17-12)10-5-7-16-8-6-10;1-2/h3-9H,1-2H3,(H,17,18);1-2H3. The number of nitrogens with one attached hydrogen (secondary N) is 1. The molecule has 0 atom stereocenters. The third kappa shape index (κ3) is 3.14. The molecule has 0 radical (unpaired) electrons. The average Bonchev–Trinajstić information content (AvgIpc) is 3.00. The summed E-state index contributed by atoms with van der Waals surface area (Å²) in [4.78, 5) is 25.3. The van der Waals surface area contributed by atoms with E-state index in [4.69, 9.17) is 0 Å². The van der Waals surface area contributed by atoms with Gasteiger partial charge in [0.1, 0.15) is 5.82 Å². The van der Waals surface area contributed by atoms with E-state index < -0.39 is 0 Å². The SMILES string of the molecule is CC.CN(C)C(=O)c1ccc2nc(-c3ccncc3)[nH]c2c1. The molecule has 3 rings (SSSR count). The first kappa shape index (κ1) is 15.7. The highest BCUT2D eigenvalue weighted by Gasteiger charge is 2.11. The van der Waals surface area contributed by atoms with Crippen LogP contribution in [0.15, 0.2) is 42.7 Å². The molecular formula is C17H20N4O. The molecule has 22 heavy (non-hydrogen) atoms. The van der Waals surface area contributed by atoms with E-state index in [1.54, 1.807) is 37.5 Å². The van der Waals surface area contributed by atoms with Gasteiger partial charge >= 0.3 is 0 Å². The molecule has 0 bridgehead atoms. The molecule has 0 saturated heterocycles. The molecule has 1 amide bonds. The Kier molecular flexibility index (Phi) is 4.88. The molecule has 2 heterocycles. The maximum atomic E-state index is 11.9. The normalized spacial score (nSPS) is 10.0. The Morgan fingerprint density at radius 2 is 1.77 bits per heavy atom. The van der Waals surface area contributed by atoms with Crippen LogP contribution in [0, 0.1) is 0 Å². The number of nitrogens with zero attached hydrogens (tertiary/aromatic N) is 3. The quantitative estimate of drug-likeness (QED) is 0.789. The molecule has 0 aliphatic rings. The van der Waals surface area contributed by atoms with Gasteiger partial charge in [-0.3, -0.25) is 9.78 Å². The van der Waals surface area contributed by atoms with Gasteiger partial charge in [-0.25, -0.2) is 4.98 Å². The largest absolute Gasteiger partial charge is 0.345 e. The van der Waals surface area contributed by atoms with Gasteiger partial charge in [0.05, 0.1) is 11.0 Å². The number of benzene rings is 1. The molecule has 0 spiro atoms. The molecule has 2 aromatic heterocycles. The summed E-state index contributed by atoms with van der Waals surface area (Å²) in [6.07, 6.45) is 3.45. The minimum atomic E-state index is -0.0213. The third-order valence-corrected chi connectivity index (χ3v) is 3.09. The van der Waals surface area contributed by atoms with Crippen molar-refractivity contribution in [2.24, 2.45) is 0 Å². The summed E-state index contributed by atoms with van der Waals surface area (Å²) >= 11 is 0. The van der Waals surface area contributed by atoms with E-state index in [-0.39, 0.29) is 5.91 Å². The smallest absolute Gasteiger partial charge is 0.253 e. The van der Waals surface area contributed by atoms with Crippen molar-refractivity contribution >= 4 is 16.9 Å². The number of carbonyl (C=O) groups excluding carboxylic acids is 1. The zero-order valence-corrected chi connectivity index (χ0v) is 13.3. The Labute approximate surface area is 130 Å². The van der Waals surface area contributed by atoms with E-state index in [1.807, 2.05) is 38.1 Å². The average molecular weight is 296 g/mol. The number of hydrogen-bond acceptors (Lipinski definition) is 3. The lowest BCUT2D eigenvalue weighted by atomic mass is 10.2. The molecule has 0 unspecified atom stereocenters. The van der Waals surface area contributed by atoms with Gasteiger partial charge in [-0.2, -0.15) is 0 Å². The highest BCUT2D eigenvalue weighted by atomic mass is 16.2. The van der Waals surface area contributed by atoms with E-state index in [0.29, 0.717) is 5.56 Å². The van der Waals surface area contributed by atoms with E-state index in [1.165, 1.54) is 0 Å². The van der Waals surface area contributed by atoms with Crippen molar-refractivity contribution in [2.45, 2.75) is 13.8 Å². The van der Waals surface area contributed by atoms with Gasteiger partial charge in [0, 0.05) is 37.6 Å². The first-order valence-electron chi connectivity index (χ1n) is 7.27. The highest BCUT2D eigenvalue weighted by molar-refractivity contribution is 5.97. The number of aromatic nitrogens is 3. The topological polar surface area (TPSA) is 61.9 Å². The van der Waals surface area contributed by atoms with E-state index in [9.17, 15) is 4.79 Å². The van der Waals surface area contributed by atoms with Crippen LogP contribution in [-0.4, -0.2) is 39.9 Å². The van der Waals surface area contributed by atoms with Crippen molar-refractivity contribution in [3.63, 3.8) is 0 Å². The first-order valence-corrected chi connectivity index (χ1v) is 7.27. The molecule has 1 aromatic carbocycles. The molecule has 0 saturated carbocycles. The number of aromatic amines is 1. The fourth-order valence-electron chi connectivity index (χ4n) is 2.05. The monoisotopic (exact) mass is 296 g/mol. The van der Waals surface area contributed by atoms with Crippen LogP contribution in [0.4, 0.5) is 0 Å². The second-order valence-corrected chi connectivity index (χ2v) is 4.75. The lowest BCUT2D eigenvalue weighted by Gasteiger charge is -2.09. The van der Waals surface area contributed by atoms with Crippen LogP contribution >= 0.6 is 0 Å². The summed E-state index contributed by atoms with van der Waals surface area (Å²) in [6.45, 7) is 4.00. The first-order chi connectivity index (χ1) is 10.6. The Hall–Kier alpha value is -2.69. The summed E-state index contributed by atoms with van der Waals surface area (Å²) in [6, 6.07) is 9.26. The van der Waals surface area contributed by atoms with Crippen LogP contribution in [0.3, 0.4) is 0 Å². The Balaban J connectivity index is 0.000000847. The number of H-pyrrole nitrogens is 1. The predicted molar refractivity (Wildman–Crippen MR) is 88.7 cm³/mol.